The lowest BCUT2D eigenvalue weighted by Gasteiger charge is -2.41. The highest BCUT2D eigenvalue weighted by Crippen LogP contribution is 2.41. The predicted octanol–water partition coefficient (Wildman–Crippen LogP) is 4.03. The summed E-state index contributed by atoms with van der Waals surface area (Å²) in [5, 5.41) is 40.7. The lowest BCUT2D eigenvalue weighted by Crippen LogP contribution is -2.56. The number of nitrogens with one attached hydrogen (secondary N) is 1. The van der Waals surface area contributed by atoms with Crippen LogP contribution in [0.1, 0.15) is 51.6 Å². The molecular weight excluding hydrogens is 619 g/mol. The number of halogens is 3. The Labute approximate surface area is 267 Å². The molecule has 2 aromatic carbocycles. The molecular formula is C33H32F3N5O6. The number of benzene rings is 2. The van der Waals surface area contributed by atoms with Crippen LogP contribution in [0, 0.1) is 23.4 Å². The lowest BCUT2D eigenvalue weighted by atomic mass is 9.92. The molecule has 1 fully saturated rings. The number of anilines is 2. The number of aliphatic hydroxyl groups is 2. The van der Waals surface area contributed by atoms with Crippen LogP contribution in [0.15, 0.2) is 60.8 Å². The number of carboxylic acid groups (broad SMARTS) is 1. The van der Waals surface area contributed by atoms with Gasteiger partial charge in [-0.05, 0) is 49.2 Å². The maximum atomic E-state index is 14.5. The van der Waals surface area contributed by atoms with E-state index in [1.54, 1.807) is 12.1 Å². The van der Waals surface area contributed by atoms with Gasteiger partial charge in [0.05, 0.1) is 41.0 Å². The van der Waals surface area contributed by atoms with Crippen LogP contribution in [-0.4, -0.2) is 67.5 Å². The van der Waals surface area contributed by atoms with Gasteiger partial charge in [-0.2, -0.15) is 0 Å². The standard InChI is InChI=1S/C26H26F3N5O3.C7H6O3/c1-12-10-34(11-17(30)25(12)36)24-13-5-8-20(35)22(13)31-9-19(24)33-26(37)18-7-6-16(29)23(32-18)21-14(27)3-2-4-15(21)28;8-6-4-2-1-3-5(6)7(9)10/h2-4,6-7,9,12,17,20,25,35-36H,5,8,10-11,30H2,1H3,(H,33,37);1-4,8H,(H,9,10)/t12-,17+,20?,25+;/m0./s1. The Balaban J connectivity index is 0.000000371. The molecule has 2 aliphatic rings. The van der Waals surface area contributed by atoms with Crippen molar-refractivity contribution < 1.29 is 43.2 Å². The number of nitrogens with two attached hydrogens (primary N) is 1. The second-order valence-electron chi connectivity index (χ2n) is 11.4. The number of amides is 1. The van der Waals surface area contributed by atoms with Gasteiger partial charge >= 0.3 is 5.97 Å². The molecule has 6 rings (SSSR count). The third-order valence-electron chi connectivity index (χ3n) is 8.10. The number of hydrogen-bond acceptors (Lipinski definition) is 9. The van der Waals surface area contributed by atoms with Crippen LogP contribution in [0.3, 0.4) is 0 Å². The lowest BCUT2D eigenvalue weighted by molar-refractivity contribution is 0.0693. The number of carboxylic acids is 1. The van der Waals surface area contributed by atoms with Crippen molar-refractivity contribution in [1.29, 1.82) is 0 Å². The number of pyridine rings is 2. The summed E-state index contributed by atoms with van der Waals surface area (Å²) in [5.74, 6) is -5.21. The molecule has 7 N–H and O–H groups in total. The number of aromatic carboxylic acids is 1. The number of hydrogen-bond donors (Lipinski definition) is 6. The van der Waals surface area contributed by atoms with Crippen LogP contribution >= 0.6 is 0 Å². The first-order valence-corrected chi connectivity index (χ1v) is 14.7. The topological polar surface area (TPSA) is 182 Å². The average Bonchev–Trinajstić information content (AvgIpc) is 3.41. The number of carbonyl (C=O) groups is 2. The highest BCUT2D eigenvalue weighted by molar-refractivity contribution is 6.05. The molecule has 4 aromatic rings. The Kier molecular flexibility index (Phi) is 9.75. The Hall–Kier alpha value is -5.05. The van der Waals surface area contributed by atoms with Crippen LogP contribution in [0.25, 0.3) is 11.3 Å². The summed E-state index contributed by atoms with van der Waals surface area (Å²) in [5.41, 5.74) is 6.78. The second kappa shape index (κ2) is 13.7. The van der Waals surface area contributed by atoms with Gasteiger partial charge in [-0.1, -0.05) is 25.1 Å². The molecule has 11 nitrogen and oxygen atoms in total. The molecule has 1 saturated heterocycles. The molecule has 0 spiro atoms. The molecule has 1 unspecified atom stereocenters. The zero-order valence-electron chi connectivity index (χ0n) is 25.1. The van der Waals surface area contributed by atoms with Crippen LogP contribution in [0.2, 0.25) is 0 Å². The Morgan fingerprint density at radius 3 is 2.32 bits per heavy atom. The first-order valence-electron chi connectivity index (χ1n) is 14.7. The summed E-state index contributed by atoms with van der Waals surface area (Å²) >= 11 is 0. The van der Waals surface area contributed by atoms with E-state index in [0.717, 1.165) is 35.9 Å². The molecule has 0 radical (unpaired) electrons. The van der Waals surface area contributed by atoms with Gasteiger partial charge in [-0.3, -0.25) is 9.78 Å². The van der Waals surface area contributed by atoms with Crippen molar-refractivity contribution in [3.63, 3.8) is 0 Å². The van der Waals surface area contributed by atoms with E-state index < -0.39 is 58.8 Å². The van der Waals surface area contributed by atoms with Gasteiger partial charge in [0, 0.05) is 30.6 Å². The van der Waals surface area contributed by atoms with Crippen molar-refractivity contribution in [3.05, 3.63) is 101 Å². The maximum absolute atomic E-state index is 14.5. The number of para-hydroxylation sites is 1. The molecule has 1 amide bonds. The van der Waals surface area contributed by atoms with Crippen molar-refractivity contribution in [2.75, 3.05) is 23.3 Å². The Bertz CT molecular complexity index is 1790. The molecule has 2 aromatic heterocycles. The van der Waals surface area contributed by atoms with Gasteiger partial charge in [0.2, 0.25) is 0 Å². The molecule has 246 valence electrons. The van der Waals surface area contributed by atoms with Crippen molar-refractivity contribution in [1.82, 2.24) is 9.97 Å². The number of rotatable bonds is 5. The van der Waals surface area contributed by atoms with Crippen molar-refractivity contribution in [2.24, 2.45) is 11.7 Å². The number of aromatic nitrogens is 2. The molecule has 1 aliphatic heterocycles. The minimum absolute atomic E-state index is 0.0671. The van der Waals surface area contributed by atoms with E-state index in [4.69, 9.17) is 15.9 Å². The Morgan fingerprint density at radius 2 is 1.68 bits per heavy atom. The summed E-state index contributed by atoms with van der Waals surface area (Å²) in [6.07, 6.45) is 0.994. The molecule has 3 heterocycles. The van der Waals surface area contributed by atoms with Crippen molar-refractivity contribution >= 4 is 23.3 Å². The van der Waals surface area contributed by atoms with Crippen LogP contribution in [0.4, 0.5) is 24.5 Å². The number of carbonyl (C=O) groups excluding carboxylic acids is 1. The molecule has 0 saturated carbocycles. The summed E-state index contributed by atoms with van der Waals surface area (Å²) in [7, 11) is 0. The van der Waals surface area contributed by atoms with E-state index >= 15 is 0 Å². The molecule has 1 aliphatic carbocycles. The molecule has 47 heavy (non-hydrogen) atoms. The van der Waals surface area contributed by atoms with Gasteiger partial charge in [-0.15, -0.1) is 0 Å². The Morgan fingerprint density at radius 1 is 0.979 bits per heavy atom. The van der Waals surface area contributed by atoms with E-state index in [1.807, 2.05) is 11.8 Å². The molecule has 0 bridgehead atoms. The second-order valence-corrected chi connectivity index (χ2v) is 11.4. The van der Waals surface area contributed by atoms with E-state index in [-0.39, 0.29) is 22.9 Å². The number of nitrogens with zero attached hydrogens (tertiary/aromatic N) is 3. The minimum Gasteiger partial charge on any atom is -0.507 e. The zero-order chi connectivity index (χ0) is 34.0. The fourth-order valence-electron chi connectivity index (χ4n) is 5.77. The van der Waals surface area contributed by atoms with Gasteiger partial charge in [-0.25, -0.2) is 22.9 Å². The van der Waals surface area contributed by atoms with E-state index in [2.05, 4.69) is 15.3 Å². The third-order valence-corrected chi connectivity index (χ3v) is 8.10. The smallest absolute Gasteiger partial charge is 0.339 e. The summed E-state index contributed by atoms with van der Waals surface area (Å²) in [6.45, 7) is 2.64. The summed E-state index contributed by atoms with van der Waals surface area (Å²) in [6, 6.07) is 10.4. The number of piperidine rings is 1. The third kappa shape index (κ3) is 6.89. The number of aromatic hydroxyl groups is 1. The van der Waals surface area contributed by atoms with E-state index in [0.29, 0.717) is 43.0 Å². The van der Waals surface area contributed by atoms with Crippen LogP contribution in [0.5, 0.6) is 5.75 Å². The minimum atomic E-state index is -1.11. The van der Waals surface area contributed by atoms with E-state index in [9.17, 15) is 33.0 Å². The van der Waals surface area contributed by atoms with Gasteiger partial charge in [0.1, 0.15) is 40.2 Å². The first-order chi connectivity index (χ1) is 22.4. The highest BCUT2D eigenvalue weighted by Gasteiger charge is 2.36. The number of fused-ring (bicyclic) bond motifs is 1. The van der Waals surface area contributed by atoms with Gasteiger partial charge in [0.15, 0.2) is 0 Å². The van der Waals surface area contributed by atoms with Crippen LogP contribution < -0.4 is 16.0 Å². The molecule has 4 atom stereocenters. The van der Waals surface area contributed by atoms with E-state index in [1.165, 1.54) is 18.3 Å². The quantitative estimate of drug-likeness (QED) is 0.184. The highest BCUT2D eigenvalue weighted by atomic mass is 19.1. The van der Waals surface area contributed by atoms with Crippen molar-refractivity contribution in [3.8, 4) is 17.0 Å². The zero-order valence-corrected chi connectivity index (χ0v) is 25.1. The fraction of sp³-hybridized carbons (Fsp3) is 0.273. The fourth-order valence-corrected chi connectivity index (χ4v) is 5.77. The molecule has 14 heteroatoms. The summed E-state index contributed by atoms with van der Waals surface area (Å²) in [4.78, 5) is 33.7. The van der Waals surface area contributed by atoms with Gasteiger partial charge < -0.3 is 36.4 Å². The predicted molar refractivity (Wildman–Crippen MR) is 165 cm³/mol. The van der Waals surface area contributed by atoms with Gasteiger partial charge in [0.25, 0.3) is 5.91 Å². The van der Waals surface area contributed by atoms with Crippen LogP contribution in [-0.2, 0) is 6.42 Å². The normalized spacial score (nSPS) is 20.2. The number of aliphatic hydroxyl groups excluding tert-OH is 2. The first kappa shape index (κ1) is 33.3. The SMILES string of the molecule is C[C@H]1CN(c2c(NC(=O)c3ccc(F)c(-c4c(F)cccc4F)n3)cnc3c2CCC3O)C[C@@H](N)[C@@H]1O.O=C(O)c1ccccc1O. The van der Waals surface area contributed by atoms with Crippen molar-refractivity contribution in [2.45, 2.75) is 38.0 Å². The average molecular weight is 652 g/mol. The maximum Gasteiger partial charge on any atom is 0.339 e. The largest absolute Gasteiger partial charge is 0.507 e. The summed E-state index contributed by atoms with van der Waals surface area (Å²) < 4.78 is 43.1. The number of phenols is 1. The monoisotopic (exact) mass is 651 g/mol.